The molecule has 2 aliphatic heterocycles. The molecule has 1 aromatic carbocycles. The number of rotatable bonds is 6. The van der Waals surface area contributed by atoms with Gasteiger partial charge < -0.3 is 37.9 Å². The molecule has 0 amide bonds. The van der Waals surface area contributed by atoms with Gasteiger partial charge in [0, 0.05) is 12.7 Å². The molecular formula is C20H26O10. The van der Waals surface area contributed by atoms with Gasteiger partial charge in [-0.2, -0.15) is 0 Å². The molecule has 1 aromatic rings. The number of carbonyl (C=O) groups is 2. The van der Waals surface area contributed by atoms with Crippen molar-refractivity contribution in [2.24, 2.45) is 0 Å². The second-order valence-electron chi connectivity index (χ2n) is 6.49. The maximum atomic E-state index is 12.1. The Kier molecular flexibility index (Phi) is 7.86. The number of carbonyl (C=O) groups excluding carboxylic acids is 2. The quantitative estimate of drug-likeness (QED) is 0.630. The van der Waals surface area contributed by atoms with Gasteiger partial charge in [-0.05, 0) is 13.8 Å². The van der Waals surface area contributed by atoms with Gasteiger partial charge in [0.2, 0.25) is 0 Å². The third-order valence-corrected chi connectivity index (χ3v) is 4.58. The monoisotopic (exact) mass is 426 g/mol. The molecule has 0 spiro atoms. The third-order valence-electron chi connectivity index (χ3n) is 4.58. The van der Waals surface area contributed by atoms with Crippen molar-refractivity contribution in [1.82, 2.24) is 0 Å². The average molecular weight is 426 g/mol. The lowest BCUT2D eigenvalue weighted by molar-refractivity contribution is -0.358. The zero-order chi connectivity index (χ0) is 21.5. The van der Waals surface area contributed by atoms with Crippen molar-refractivity contribution in [3.05, 3.63) is 35.9 Å². The Hall–Kier alpha value is -2.40. The molecule has 0 aromatic heterocycles. The van der Waals surface area contributed by atoms with E-state index in [1.165, 1.54) is 7.11 Å². The minimum Gasteiger partial charge on any atom is -0.435 e. The molecule has 0 bridgehead atoms. The molecule has 2 heterocycles. The highest BCUT2D eigenvalue weighted by Gasteiger charge is 2.54. The second-order valence-corrected chi connectivity index (χ2v) is 6.49. The lowest BCUT2D eigenvalue weighted by Crippen LogP contribution is -2.64. The van der Waals surface area contributed by atoms with E-state index in [1.807, 2.05) is 30.3 Å². The van der Waals surface area contributed by atoms with Crippen LogP contribution in [0.1, 0.15) is 25.7 Å². The first-order valence-electron chi connectivity index (χ1n) is 9.74. The fourth-order valence-corrected chi connectivity index (χ4v) is 3.30. The Bertz CT molecular complexity index is 696. The molecule has 6 atom stereocenters. The Morgan fingerprint density at radius 1 is 0.967 bits per heavy atom. The van der Waals surface area contributed by atoms with E-state index in [9.17, 15) is 9.59 Å². The summed E-state index contributed by atoms with van der Waals surface area (Å²) in [6.07, 6.45) is -7.28. The second kappa shape index (κ2) is 10.6. The molecule has 0 radical (unpaired) electrons. The van der Waals surface area contributed by atoms with Crippen molar-refractivity contribution in [3.8, 4) is 0 Å². The van der Waals surface area contributed by atoms with E-state index in [-0.39, 0.29) is 19.8 Å². The minimum atomic E-state index is -1.14. The average Bonchev–Trinajstić information content (AvgIpc) is 2.75. The number of fused-ring (bicyclic) bond motifs is 1. The summed E-state index contributed by atoms with van der Waals surface area (Å²) < 4.78 is 43.6. The first-order valence-corrected chi connectivity index (χ1v) is 9.74. The normalized spacial score (nSPS) is 30.6. The van der Waals surface area contributed by atoms with Crippen LogP contribution in [0.3, 0.4) is 0 Å². The van der Waals surface area contributed by atoms with E-state index in [4.69, 9.17) is 37.9 Å². The fourth-order valence-electron chi connectivity index (χ4n) is 3.30. The zero-order valence-electron chi connectivity index (χ0n) is 17.1. The maximum Gasteiger partial charge on any atom is 0.508 e. The molecule has 30 heavy (non-hydrogen) atoms. The molecule has 0 N–H and O–H groups in total. The summed E-state index contributed by atoms with van der Waals surface area (Å²) in [6.45, 7) is 3.67. The maximum absolute atomic E-state index is 12.1. The largest absolute Gasteiger partial charge is 0.508 e. The lowest BCUT2D eigenvalue weighted by Gasteiger charge is -2.47. The highest BCUT2D eigenvalue weighted by Crippen LogP contribution is 2.36. The Balaban J connectivity index is 1.85. The SMILES string of the molecule is CCOC(=O)O[C@H]1[C@@H](OC(=O)OCC)[C@@H](OC)O[C@@H]2CO[C@H](c3ccccc3)O[C@@H]12. The summed E-state index contributed by atoms with van der Waals surface area (Å²) in [5.41, 5.74) is 0.780. The molecule has 0 unspecified atom stereocenters. The first kappa shape index (κ1) is 22.3. The van der Waals surface area contributed by atoms with E-state index in [0.29, 0.717) is 0 Å². The number of benzene rings is 1. The Labute approximate surface area is 174 Å². The van der Waals surface area contributed by atoms with Crippen molar-refractivity contribution >= 4 is 12.3 Å². The Morgan fingerprint density at radius 2 is 1.60 bits per heavy atom. The van der Waals surface area contributed by atoms with Crippen molar-refractivity contribution in [1.29, 1.82) is 0 Å². The first-order chi connectivity index (χ1) is 14.6. The van der Waals surface area contributed by atoms with E-state index in [0.717, 1.165) is 5.56 Å². The van der Waals surface area contributed by atoms with Crippen LogP contribution >= 0.6 is 0 Å². The van der Waals surface area contributed by atoms with Gasteiger partial charge in [-0.3, -0.25) is 0 Å². The predicted octanol–water partition coefficient (Wildman–Crippen LogP) is 2.56. The number of methoxy groups -OCH3 is 1. The third kappa shape index (κ3) is 5.20. The van der Waals surface area contributed by atoms with Gasteiger partial charge in [-0.1, -0.05) is 30.3 Å². The molecule has 2 aliphatic rings. The summed E-state index contributed by atoms with van der Waals surface area (Å²) in [5.74, 6) is 0. The van der Waals surface area contributed by atoms with Gasteiger partial charge in [0.25, 0.3) is 0 Å². The highest BCUT2D eigenvalue weighted by atomic mass is 16.8. The van der Waals surface area contributed by atoms with Gasteiger partial charge in [0.1, 0.15) is 12.2 Å². The topological polar surface area (TPSA) is 108 Å². The summed E-state index contributed by atoms with van der Waals surface area (Å²) in [6, 6.07) is 9.27. The van der Waals surface area contributed by atoms with Gasteiger partial charge in [-0.15, -0.1) is 0 Å². The molecule has 2 fully saturated rings. The van der Waals surface area contributed by atoms with Crippen LogP contribution in [0.5, 0.6) is 0 Å². The molecule has 0 saturated carbocycles. The number of hydrogen-bond donors (Lipinski definition) is 0. The number of ether oxygens (including phenoxy) is 8. The summed E-state index contributed by atoms with van der Waals surface area (Å²) in [5, 5.41) is 0. The van der Waals surface area contributed by atoms with Crippen LogP contribution in [0.2, 0.25) is 0 Å². The van der Waals surface area contributed by atoms with Crippen molar-refractivity contribution in [2.75, 3.05) is 26.9 Å². The van der Waals surface area contributed by atoms with E-state index < -0.39 is 49.3 Å². The summed E-state index contributed by atoms with van der Waals surface area (Å²) >= 11 is 0. The molecule has 10 heteroatoms. The number of hydrogen-bond acceptors (Lipinski definition) is 10. The van der Waals surface area contributed by atoms with Crippen LogP contribution in [0, 0.1) is 0 Å². The van der Waals surface area contributed by atoms with Crippen LogP contribution in [0.4, 0.5) is 9.59 Å². The van der Waals surface area contributed by atoms with Crippen LogP contribution < -0.4 is 0 Å². The van der Waals surface area contributed by atoms with Crippen molar-refractivity contribution in [3.63, 3.8) is 0 Å². The zero-order valence-corrected chi connectivity index (χ0v) is 17.1. The molecule has 0 aliphatic carbocycles. The van der Waals surface area contributed by atoms with Crippen LogP contribution in [0.15, 0.2) is 30.3 Å². The van der Waals surface area contributed by atoms with Crippen LogP contribution in [-0.2, 0) is 37.9 Å². The van der Waals surface area contributed by atoms with Gasteiger partial charge in [0.15, 0.2) is 24.8 Å². The lowest BCUT2D eigenvalue weighted by atomic mass is 9.97. The molecule has 2 saturated heterocycles. The van der Waals surface area contributed by atoms with E-state index in [2.05, 4.69) is 0 Å². The molecule has 3 rings (SSSR count). The highest BCUT2D eigenvalue weighted by molar-refractivity contribution is 5.61. The summed E-state index contributed by atoms with van der Waals surface area (Å²) in [7, 11) is 1.38. The smallest absolute Gasteiger partial charge is 0.435 e. The minimum absolute atomic E-state index is 0.111. The summed E-state index contributed by atoms with van der Waals surface area (Å²) in [4.78, 5) is 24.1. The molecule has 10 nitrogen and oxygen atoms in total. The van der Waals surface area contributed by atoms with Gasteiger partial charge in [-0.25, -0.2) is 9.59 Å². The standard InChI is InChI=1S/C20H26O10/c1-4-24-19(21)29-15-14-13(11-26-17(28-14)12-9-7-6-8-10-12)27-18(23-3)16(15)30-20(22)25-5-2/h6-10,13-18H,4-5,11H2,1-3H3/t13-,14-,15-,16-,17+,18+/m1/s1. The molecular weight excluding hydrogens is 400 g/mol. The van der Waals surface area contributed by atoms with Crippen LogP contribution in [0.25, 0.3) is 0 Å². The van der Waals surface area contributed by atoms with E-state index >= 15 is 0 Å². The van der Waals surface area contributed by atoms with E-state index in [1.54, 1.807) is 13.8 Å². The van der Waals surface area contributed by atoms with Gasteiger partial charge in [0.05, 0.1) is 19.8 Å². The van der Waals surface area contributed by atoms with Crippen molar-refractivity contribution in [2.45, 2.75) is 50.8 Å². The van der Waals surface area contributed by atoms with Crippen LogP contribution in [-0.4, -0.2) is 69.9 Å². The fraction of sp³-hybridized carbons (Fsp3) is 0.600. The van der Waals surface area contributed by atoms with Crippen molar-refractivity contribution < 1.29 is 47.5 Å². The van der Waals surface area contributed by atoms with Gasteiger partial charge >= 0.3 is 12.3 Å². The predicted molar refractivity (Wildman–Crippen MR) is 99.5 cm³/mol. The molecule has 166 valence electrons. The Morgan fingerprint density at radius 3 is 2.20 bits per heavy atom.